The van der Waals surface area contributed by atoms with Crippen molar-refractivity contribution >= 4 is 40.1 Å². The molecule has 8 heteroatoms. The van der Waals surface area contributed by atoms with Crippen LogP contribution in [-0.4, -0.2) is 27.3 Å². The van der Waals surface area contributed by atoms with E-state index in [1.807, 2.05) is 0 Å². The summed E-state index contributed by atoms with van der Waals surface area (Å²) in [7, 11) is 0. The number of esters is 1. The van der Waals surface area contributed by atoms with E-state index in [1.54, 1.807) is 37.3 Å². The zero-order valence-electron chi connectivity index (χ0n) is 16.3. The number of rotatable bonds is 6. The lowest BCUT2D eigenvalue weighted by molar-refractivity contribution is -0.148. The number of hydrogen-bond acceptors (Lipinski definition) is 7. The van der Waals surface area contributed by atoms with Crippen LogP contribution in [0.15, 0.2) is 47.6 Å². The molecule has 1 aliphatic carbocycles. The van der Waals surface area contributed by atoms with E-state index in [9.17, 15) is 9.18 Å². The number of thioether (sulfide) groups is 1. The van der Waals surface area contributed by atoms with Crippen LogP contribution in [0.5, 0.6) is 0 Å². The van der Waals surface area contributed by atoms with Gasteiger partial charge in [0.15, 0.2) is 5.16 Å². The monoisotopic (exact) mass is 422 g/mol. The average molecular weight is 422 g/mol. The number of hydrogen-bond donors (Lipinski definition) is 1. The van der Waals surface area contributed by atoms with Crippen LogP contribution in [0.2, 0.25) is 0 Å². The Labute approximate surface area is 177 Å². The Morgan fingerprint density at radius 3 is 2.67 bits per heavy atom. The van der Waals surface area contributed by atoms with E-state index in [4.69, 9.17) is 10.00 Å². The summed E-state index contributed by atoms with van der Waals surface area (Å²) in [6.45, 7) is 2.10. The molecule has 0 unspecified atom stereocenters. The number of carbonyl (C=O) groups excluding carboxylic acids is 1. The quantitative estimate of drug-likeness (QED) is 0.443. The second-order valence-electron chi connectivity index (χ2n) is 7.00. The van der Waals surface area contributed by atoms with E-state index in [0.29, 0.717) is 46.9 Å². The number of nitrogens with one attached hydrogen (secondary N) is 1. The number of benzene rings is 2. The van der Waals surface area contributed by atoms with E-state index in [1.165, 1.54) is 23.9 Å². The Kier molecular flexibility index (Phi) is 5.55. The van der Waals surface area contributed by atoms with Crippen molar-refractivity contribution in [3.05, 3.63) is 53.8 Å². The molecule has 4 rings (SSSR count). The Balaban J connectivity index is 1.72. The molecule has 0 spiro atoms. The highest BCUT2D eigenvalue weighted by Crippen LogP contribution is 2.48. The van der Waals surface area contributed by atoms with Crippen LogP contribution in [-0.2, 0) is 9.53 Å². The number of carbonyl (C=O) groups is 1. The molecule has 1 fully saturated rings. The van der Waals surface area contributed by atoms with Crippen molar-refractivity contribution < 1.29 is 13.9 Å². The molecule has 0 atom stereocenters. The molecule has 3 aromatic rings. The Bertz CT molecular complexity index is 1140. The number of nitrogens with zero attached hydrogens (tertiary/aromatic N) is 3. The number of anilines is 2. The zero-order chi connectivity index (χ0) is 21.1. The second kappa shape index (κ2) is 8.28. The lowest BCUT2D eigenvalue weighted by Gasteiger charge is -2.37. The van der Waals surface area contributed by atoms with E-state index in [2.05, 4.69) is 21.4 Å². The minimum absolute atomic E-state index is 0.259. The van der Waals surface area contributed by atoms with Gasteiger partial charge in [0.25, 0.3) is 0 Å². The second-order valence-corrected chi connectivity index (χ2v) is 8.35. The van der Waals surface area contributed by atoms with Gasteiger partial charge in [-0.15, -0.1) is 0 Å². The summed E-state index contributed by atoms with van der Waals surface area (Å²) in [5.74, 6) is -0.151. The Hall–Kier alpha value is -3.18. The van der Waals surface area contributed by atoms with Crippen LogP contribution in [0.4, 0.5) is 15.9 Å². The van der Waals surface area contributed by atoms with Crippen molar-refractivity contribution in [3.8, 4) is 6.07 Å². The highest BCUT2D eigenvalue weighted by atomic mass is 32.2. The first kappa shape index (κ1) is 20.1. The molecule has 2 aromatic carbocycles. The van der Waals surface area contributed by atoms with Gasteiger partial charge in [0.1, 0.15) is 16.4 Å². The topological polar surface area (TPSA) is 87.9 Å². The van der Waals surface area contributed by atoms with Gasteiger partial charge in [-0.2, -0.15) is 5.26 Å². The van der Waals surface area contributed by atoms with Gasteiger partial charge in [-0.1, -0.05) is 11.8 Å². The molecule has 1 heterocycles. The third-order valence-electron chi connectivity index (χ3n) is 5.01. The fraction of sp³-hybridized carbons (Fsp3) is 0.273. The minimum atomic E-state index is -0.692. The van der Waals surface area contributed by atoms with Crippen LogP contribution >= 0.6 is 11.8 Å². The summed E-state index contributed by atoms with van der Waals surface area (Å²) in [6.07, 6.45) is 2.32. The van der Waals surface area contributed by atoms with Gasteiger partial charge >= 0.3 is 5.97 Å². The molecule has 0 aliphatic heterocycles. The fourth-order valence-electron chi connectivity index (χ4n) is 3.27. The molecule has 0 bridgehead atoms. The molecule has 1 aliphatic rings. The van der Waals surface area contributed by atoms with Gasteiger partial charge < -0.3 is 10.1 Å². The minimum Gasteiger partial charge on any atom is -0.465 e. The lowest BCUT2D eigenvalue weighted by atomic mass is 9.84. The maximum absolute atomic E-state index is 13.9. The average Bonchev–Trinajstić information content (AvgIpc) is 2.71. The normalized spacial score (nSPS) is 14.6. The van der Waals surface area contributed by atoms with Crippen molar-refractivity contribution in [2.45, 2.75) is 36.1 Å². The van der Waals surface area contributed by atoms with Crippen molar-refractivity contribution in [2.24, 2.45) is 0 Å². The molecule has 0 radical (unpaired) electrons. The first-order chi connectivity index (χ1) is 14.5. The summed E-state index contributed by atoms with van der Waals surface area (Å²) in [5.41, 5.74) is 1.73. The molecule has 1 saturated carbocycles. The van der Waals surface area contributed by atoms with Crippen molar-refractivity contribution in [3.63, 3.8) is 0 Å². The number of halogens is 1. The highest BCUT2D eigenvalue weighted by Gasteiger charge is 2.47. The van der Waals surface area contributed by atoms with Gasteiger partial charge in [-0.3, -0.25) is 4.79 Å². The van der Waals surface area contributed by atoms with E-state index < -0.39 is 10.6 Å². The van der Waals surface area contributed by atoms with Gasteiger partial charge in [0, 0.05) is 17.1 Å². The third kappa shape index (κ3) is 3.94. The molecular formula is C22H19FN4O2S. The maximum atomic E-state index is 13.9. The fourth-order valence-corrected chi connectivity index (χ4v) is 4.54. The maximum Gasteiger partial charge on any atom is 0.322 e. The van der Waals surface area contributed by atoms with Crippen molar-refractivity contribution in [1.29, 1.82) is 5.26 Å². The van der Waals surface area contributed by atoms with Crippen LogP contribution < -0.4 is 5.32 Å². The number of nitriles is 1. The van der Waals surface area contributed by atoms with Gasteiger partial charge in [0.2, 0.25) is 0 Å². The Morgan fingerprint density at radius 2 is 2.03 bits per heavy atom. The summed E-state index contributed by atoms with van der Waals surface area (Å²) in [4.78, 5) is 21.6. The van der Waals surface area contributed by atoms with Crippen LogP contribution in [0, 0.1) is 17.1 Å². The van der Waals surface area contributed by atoms with Gasteiger partial charge in [-0.25, -0.2) is 14.4 Å². The van der Waals surface area contributed by atoms with Crippen molar-refractivity contribution in [1.82, 2.24) is 9.97 Å². The summed E-state index contributed by atoms with van der Waals surface area (Å²) in [5, 5.41) is 13.2. The highest BCUT2D eigenvalue weighted by molar-refractivity contribution is 8.01. The summed E-state index contributed by atoms with van der Waals surface area (Å²) in [6, 6.07) is 13.4. The predicted octanol–water partition coefficient (Wildman–Crippen LogP) is 4.96. The van der Waals surface area contributed by atoms with Crippen molar-refractivity contribution in [2.75, 3.05) is 11.9 Å². The molecule has 0 amide bonds. The molecule has 6 nitrogen and oxygen atoms in total. The Morgan fingerprint density at radius 1 is 1.27 bits per heavy atom. The van der Waals surface area contributed by atoms with E-state index in [-0.39, 0.29) is 5.97 Å². The lowest BCUT2D eigenvalue weighted by Crippen LogP contribution is -2.43. The number of ether oxygens (including phenoxy) is 1. The van der Waals surface area contributed by atoms with Gasteiger partial charge in [-0.05, 0) is 62.6 Å². The SMILES string of the molecule is CCOC(=O)C1(Sc2nc(Nc3ccc(C#N)cc3)c3ccc(F)cc3n2)CCC1. The molecule has 30 heavy (non-hydrogen) atoms. The van der Waals surface area contributed by atoms with Crippen LogP contribution in [0.1, 0.15) is 31.7 Å². The first-order valence-electron chi connectivity index (χ1n) is 9.64. The zero-order valence-corrected chi connectivity index (χ0v) is 17.1. The van der Waals surface area contributed by atoms with Gasteiger partial charge in [0.05, 0.1) is 23.8 Å². The molecule has 152 valence electrons. The standard InChI is InChI=1S/C22H19FN4O2S/c1-2-29-20(28)22(10-3-11-22)30-21-26-18-12-15(23)6-9-17(18)19(27-21)25-16-7-4-14(13-24)5-8-16/h4-9,12H,2-3,10-11H2,1H3,(H,25,26,27). The molecular weight excluding hydrogens is 403 g/mol. The number of fused-ring (bicyclic) bond motifs is 1. The van der Waals surface area contributed by atoms with E-state index in [0.717, 1.165) is 12.1 Å². The summed E-state index contributed by atoms with van der Waals surface area (Å²) >= 11 is 1.28. The largest absolute Gasteiger partial charge is 0.465 e. The third-order valence-corrected chi connectivity index (χ3v) is 6.34. The first-order valence-corrected chi connectivity index (χ1v) is 10.5. The predicted molar refractivity (Wildman–Crippen MR) is 113 cm³/mol. The smallest absolute Gasteiger partial charge is 0.322 e. The molecule has 1 aromatic heterocycles. The summed E-state index contributed by atoms with van der Waals surface area (Å²) < 4.78 is 18.4. The number of aromatic nitrogens is 2. The van der Waals surface area contributed by atoms with Crippen LogP contribution in [0.3, 0.4) is 0 Å². The van der Waals surface area contributed by atoms with Crippen LogP contribution in [0.25, 0.3) is 10.9 Å². The molecule has 0 saturated heterocycles. The molecule has 1 N–H and O–H groups in total. The van der Waals surface area contributed by atoms with E-state index >= 15 is 0 Å².